The second-order valence-electron chi connectivity index (χ2n) is 1.31. The predicted octanol–water partition coefficient (Wildman–Crippen LogP) is -3.16. The summed E-state index contributed by atoms with van der Waals surface area (Å²) in [5.41, 5.74) is 0. The number of rotatable bonds is 0. The highest BCUT2D eigenvalue weighted by Gasteiger charge is 2.08. The molecule has 0 atom stereocenters. The summed E-state index contributed by atoms with van der Waals surface area (Å²) in [5.74, 6) is -1.24. The number of allylic oxidation sites excluding steroid dienone is 1. The number of carbonyl (C=O) groups excluding carboxylic acids is 2. The van der Waals surface area contributed by atoms with E-state index in [1.54, 1.807) is 0 Å². The monoisotopic (exact) mass is 145 g/mol. The highest BCUT2D eigenvalue weighted by atomic mass is 35.5. The van der Waals surface area contributed by atoms with Gasteiger partial charge in [-0.15, -0.1) is 0 Å². The molecule has 9 heavy (non-hydrogen) atoms. The van der Waals surface area contributed by atoms with Gasteiger partial charge in [0.25, 0.3) is 0 Å². The Balaban J connectivity index is 0. The summed E-state index contributed by atoms with van der Waals surface area (Å²) in [4.78, 5) is 23.6. The van der Waals surface area contributed by atoms with Crippen LogP contribution in [0.1, 0.15) is 1.43 Å². The first-order valence-electron chi connectivity index (χ1n) is 2.10. The summed E-state index contributed by atoms with van der Waals surface area (Å²) < 4.78 is 0. The summed E-state index contributed by atoms with van der Waals surface area (Å²) in [5, 5.41) is 0. The first-order valence-corrected chi connectivity index (χ1v) is 2.10. The molecule has 0 aromatic rings. The van der Waals surface area contributed by atoms with Gasteiger partial charge in [0.2, 0.25) is 5.78 Å². The average Bonchev–Trinajstić information content (AvgIpc) is 1.77. The van der Waals surface area contributed by atoms with Crippen LogP contribution in [0.2, 0.25) is 0 Å². The Morgan fingerprint density at radius 1 is 1.44 bits per heavy atom. The topological polar surface area (TPSA) is 46.5 Å². The molecule has 0 radical (unpaired) electrons. The van der Waals surface area contributed by atoms with E-state index in [4.69, 9.17) is 0 Å². The van der Waals surface area contributed by atoms with Crippen LogP contribution in [0.15, 0.2) is 17.1 Å². The van der Waals surface area contributed by atoms with Crippen molar-refractivity contribution in [2.75, 3.05) is 0 Å². The third-order valence-electron chi connectivity index (χ3n) is 0.736. The highest BCUT2D eigenvalue weighted by Crippen LogP contribution is 1.86. The smallest absolute Gasteiger partial charge is 1.00 e. The number of amides is 1. The minimum absolute atomic E-state index is 0. The SMILES string of the molecule is O=C1C=CC=NC1=O.[Cl-].[H+]. The lowest BCUT2D eigenvalue weighted by atomic mass is 10.3. The van der Waals surface area contributed by atoms with Gasteiger partial charge in [0.15, 0.2) is 0 Å². The lowest BCUT2D eigenvalue weighted by Gasteiger charge is -1.87. The second-order valence-corrected chi connectivity index (χ2v) is 1.31. The van der Waals surface area contributed by atoms with E-state index in [0.29, 0.717) is 0 Å². The number of halogens is 1. The minimum atomic E-state index is -0.687. The molecule has 0 aromatic heterocycles. The molecule has 1 heterocycles. The lowest BCUT2D eigenvalue weighted by molar-refractivity contribution is -0.133. The summed E-state index contributed by atoms with van der Waals surface area (Å²) in [6.45, 7) is 0. The van der Waals surface area contributed by atoms with Crippen molar-refractivity contribution in [3.63, 3.8) is 0 Å². The number of nitrogens with zero attached hydrogens (tertiary/aromatic N) is 1. The van der Waals surface area contributed by atoms with Crippen LogP contribution >= 0.6 is 0 Å². The van der Waals surface area contributed by atoms with Crippen molar-refractivity contribution in [2.24, 2.45) is 4.99 Å². The molecular formula is C5H4ClNO2. The molecular weight excluding hydrogens is 142 g/mol. The number of carbonyl (C=O) groups is 2. The molecule has 1 aliphatic rings. The molecule has 3 nitrogen and oxygen atoms in total. The van der Waals surface area contributed by atoms with Crippen LogP contribution in [0.25, 0.3) is 0 Å². The molecule has 0 bridgehead atoms. The molecule has 0 saturated carbocycles. The van der Waals surface area contributed by atoms with Crippen LogP contribution in [0.4, 0.5) is 0 Å². The van der Waals surface area contributed by atoms with Gasteiger partial charge in [-0.05, 0) is 12.2 Å². The van der Waals surface area contributed by atoms with Crippen molar-refractivity contribution in [3.05, 3.63) is 12.2 Å². The molecule has 48 valence electrons. The van der Waals surface area contributed by atoms with E-state index in [0.717, 1.165) is 0 Å². The molecule has 1 rings (SSSR count). The third kappa shape index (κ3) is 1.77. The maximum absolute atomic E-state index is 10.2. The second kappa shape index (κ2) is 3.14. The van der Waals surface area contributed by atoms with Gasteiger partial charge >= 0.3 is 7.33 Å². The summed E-state index contributed by atoms with van der Waals surface area (Å²) in [6, 6.07) is 0. The summed E-state index contributed by atoms with van der Waals surface area (Å²) in [6.07, 6.45) is 3.92. The van der Waals surface area contributed by atoms with Gasteiger partial charge in [-0.1, -0.05) is 0 Å². The molecule has 1 amide bonds. The van der Waals surface area contributed by atoms with Crippen LogP contribution in [0.5, 0.6) is 0 Å². The van der Waals surface area contributed by atoms with Crippen molar-refractivity contribution < 1.29 is 23.4 Å². The fourth-order valence-electron chi connectivity index (χ4n) is 0.376. The molecule has 1 aliphatic heterocycles. The first kappa shape index (κ1) is 8.04. The van der Waals surface area contributed by atoms with Crippen molar-refractivity contribution in [1.29, 1.82) is 0 Å². The Morgan fingerprint density at radius 2 is 2.11 bits per heavy atom. The van der Waals surface area contributed by atoms with Gasteiger partial charge in [0.1, 0.15) is 0 Å². The lowest BCUT2D eigenvalue weighted by Crippen LogP contribution is -3.00. The number of hydrogen-bond donors (Lipinski definition) is 0. The molecule has 0 aromatic carbocycles. The predicted molar refractivity (Wildman–Crippen MR) is 28.8 cm³/mol. The fraction of sp³-hybridized carbons (Fsp3) is 0. The van der Waals surface area contributed by atoms with Gasteiger partial charge in [-0.25, -0.2) is 4.99 Å². The van der Waals surface area contributed by atoms with Gasteiger partial charge in [-0.2, -0.15) is 0 Å². The first-order chi connectivity index (χ1) is 3.80. The van der Waals surface area contributed by atoms with Crippen molar-refractivity contribution >= 4 is 17.9 Å². The third-order valence-corrected chi connectivity index (χ3v) is 0.736. The van der Waals surface area contributed by atoms with Crippen LogP contribution in [-0.2, 0) is 9.59 Å². The maximum atomic E-state index is 10.2. The van der Waals surface area contributed by atoms with Gasteiger partial charge in [0, 0.05) is 6.21 Å². The quantitative estimate of drug-likeness (QED) is 0.338. The Morgan fingerprint density at radius 3 is 2.44 bits per heavy atom. The van der Waals surface area contributed by atoms with Crippen molar-refractivity contribution in [3.8, 4) is 0 Å². The number of ketones is 1. The van der Waals surface area contributed by atoms with E-state index in [9.17, 15) is 9.59 Å². The van der Waals surface area contributed by atoms with Crippen LogP contribution in [-0.4, -0.2) is 17.9 Å². The fourth-order valence-corrected chi connectivity index (χ4v) is 0.376. The maximum Gasteiger partial charge on any atom is 1.00 e. The zero-order valence-corrected chi connectivity index (χ0v) is 5.13. The Bertz CT molecular complexity index is 178. The molecule has 0 fully saturated rings. The highest BCUT2D eigenvalue weighted by molar-refractivity contribution is 6.43. The molecule has 0 N–H and O–H groups in total. The Labute approximate surface area is 59.4 Å². The van der Waals surface area contributed by atoms with E-state index < -0.39 is 11.7 Å². The number of hydrogen-bond acceptors (Lipinski definition) is 2. The molecule has 0 unspecified atom stereocenters. The molecule has 0 spiro atoms. The summed E-state index contributed by atoms with van der Waals surface area (Å²) in [7, 11) is 0. The van der Waals surface area contributed by atoms with E-state index in [1.165, 1.54) is 18.4 Å². The molecule has 0 saturated heterocycles. The van der Waals surface area contributed by atoms with E-state index in [2.05, 4.69) is 4.99 Å². The van der Waals surface area contributed by atoms with E-state index in [-0.39, 0.29) is 13.8 Å². The number of dihydropyridines is 1. The largest absolute Gasteiger partial charge is 1.00 e. The van der Waals surface area contributed by atoms with E-state index in [1.807, 2.05) is 0 Å². The Kier molecular flexibility index (Phi) is 2.81. The van der Waals surface area contributed by atoms with Crippen LogP contribution in [0, 0.1) is 0 Å². The van der Waals surface area contributed by atoms with E-state index >= 15 is 0 Å². The van der Waals surface area contributed by atoms with Gasteiger partial charge < -0.3 is 12.4 Å². The normalized spacial score (nSPS) is 15.6. The van der Waals surface area contributed by atoms with Crippen LogP contribution in [0.3, 0.4) is 0 Å². The Hall–Kier alpha value is -0.960. The van der Waals surface area contributed by atoms with Gasteiger partial charge in [0.05, 0.1) is 0 Å². The van der Waals surface area contributed by atoms with Crippen molar-refractivity contribution in [1.82, 2.24) is 0 Å². The zero-order valence-electron chi connectivity index (χ0n) is 5.37. The van der Waals surface area contributed by atoms with Crippen molar-refractivity contribution in [2.45, 2.75) is 0 Å². The summed E-state index contributed by atoms with van der Waals surface area (Å²) >= 11 is 0. The van der Waals surface area contributed by atoms with Crippen LogP contribution < -0.4 is 12.4 Å². The standard InChI is InChI=1S/C5H3NO2.ClH/c7-4-2-1-3-6-5(4)8;/h1-3H;1H. The minimum Gasteiger partial charge on any atom is -1.00 e. The average molecular weight is 146 g/mol. The number of aliphatic imine (C=N–C) groups is 1. The molecule has 0 aliphatic carbocycles. The zero-order chi connectivity index (χ0) is 5.98. The molecule has 4 heteroatoms. The van der Waals surface area contributed by atoms with Gasteiger partial charge in [-0.3, -0.25) is 9.59 Å².